The van der Waals surface area contributed by atoms with Crippen molar-refractivity contribution < 1.29 is 19.5 Å². The second kappa shape index (κ2) is 13.1. The Morgan fingerprint density at radius 3 is 2.18 bits per heavy atom. The summed E-state index contributed by atoms with van der Waals surface area (Å²) in [7, 11) is 0. The molecule has 0 aliphatic rings. The first kappa shape index (κ1) is 27.3. The van der Waals surface area contributed by atoms with Gasteiger partial charge < -0.3 is 15.3 Å². The van der Waals surface area contributed by atoms with E-state index in [4.69, 9.17) is 0 Å². The molecule has 3 aromatic carbocycles. The summed E-state index contributed by atoms with van der Waals surface area (Å²) in [5.41, 5.74) is 5.19. The van der Waals surface area contributed by atoms with Gasteiger partial charge in [-0.15, -0.1) is 0 Å². The predicted molar refractivity (Wildman–Crippen MR) is 150 cm³/mol. The quantitative estimate of drug-likeness (QED) is 0.285. The molecule has 0 bridgehead atoms. The first-order valence-electron chi connectivity index (χ1n) is 12.8. The molecule has 0 unspecified atom stereocenters. The Bertz CT molecular complexity index is 1450. The minimum absolute atomic E-state index is 0.0708. The molecule has 0 saturated heterocycles. The van der Waals surface area contributed by atoms with Gasteiger partial charge >= 0.3 is 5.97 Å². The van der Waals surface area contributed by atoms with E-state index < -0.39 is 5.97 Å². The number of carboxylic acid groups (broad SMARTS) is 1. The largest absolute Gasteiger partial charge is 0.481 e. The summed E-state index contributed by atoms with van der Waals surface area (Å²) in [6.07, 6.45) is 3.79. The number of rotatable bonds is 11. The molecule has 198 valence electrons. The highest BCUT2D eigenvalue weighted by Gasteiger charge is 2.22. The molecule has 0 radical (unpaired) electrons. The number of aromatic nitrogens is 1. The Kier molecular flexibility index (Phi) is 9.19. The Labute approximate surface area is 228 Å². The van der Waals surface area contributed by atoms with Crippen molar-refractivity contribution in [2.75, 3.05) is 13.1 Å². The molecule has 4 aromatic rings. The topological polar surface area (TPSA) is 99.6 Å². The van der Waals surface area contributed by atoms with E-state index in [2.05, 4.69) is 10.3 Å². The zero-order chi connectivity index (χ0) is 27.6. The smallest absolute Gasteiger partial charge is 0.305 e. The molecule has 39 heavy (non-hydrogen) atoms. The fourth-order valence-corrected chi connectivity index (χ4v) is 4.43. The van der Waals surface area contributed by atoms with Gasteiger partial charge in [0.2, 0.25) is 0 Å². The van der Waals surface area contributed by atoms with Crippen LogP contribution in [0.25, 0.3) is 11.1 Å². The van der Waals surface area contributed by atoms with Gasteiger partial charge in [-0.3, -0.25) is 19.4 Å². The lowest BCUT2D eigenvalue weighted by atomic mass is 9.94. The summed E-state index contributed by atoms with van der Waals surface area (Å²) < 4.78 is 0. The molecule has 4 rings (SSSR count). The summed E-state index contributed by atoms with van der Waals surface area (Å²) in [4.78, 5) is 44.1. The van der Waals surface area contributed by atoms with Crippen molar-refractivity contribution in [3.05, 3.63) is 125 Å². The Hall–Kier alpha value is -4.78. The van der Waals surface area contributed by atoms with Crippen LogP contribution in [-0.2, 0) is 17.8 Å². The van der Waals surface area contributed by atoms with Crippen LogP contribution in [-0.4, -0.2) is 45.9 Å². The van der Waals surface area contributed by atoms with Crippen molar-refractivity contribution in [2.45, 2.75) is 26.3 Å². The van der Waals surface area contributed by atoms with Crippen molar-refractivity contribution in [3.63, 3.8) is 0 Å². The molecule has 1 heterocycles. The van der Waals surface area contributed by atoms with Gasteiger partial charge in [-0.05, 0) is 59.4 Å². The van der Waals surface area contributed by atoms with E-state index in [1.165, 1.54) is 0 Å². The highest BCUT2D eigenvalue weighted by atomic mass is 16.4. The summed E-state index contributed by atoms with van der Waals surface area (Å²) in [6, 6.07) is 26.0. The molecule has 2 amide bonds. The van der Waals surface area contributed by atoms with E-state index in [1.54, 1.807) is 41.6 Å². The normalized spacial score (nSPS) is 10.6. The van der Waals surface area contributed by atoms with Crippen LogP contribution in [0.5, 0.6) is 0 Å². The molecular weight excluding hydrogens is 490 g/mol. The molecule has 7 heteroatoms. The van der Waals surface area contributed by atoms with E-state index >= 15 is 0 Å². The maximum Gasteiger partial charge on any atom is 0.305 e. The molecule has 0 aliphatic heterocycles. The number of carboxylic acids is 1. The third-order valence-electron chi connectivity index (χ3n) is 6.60. The van der Waals surface area contributed by atoms with E-state index in [9.17, 15) is 19.5 Å². The van der Waals surface area contributed by atoms with Crippen LogP contribution in [0.1, 0.15) is 43.8 Å². The number of amides is 2. The number of pyridine rings is 1. The number of benzene rings is 3. The Balaban J connectivity index is 1.61. The van der Waals surface area contributed by atoms with Crippen molar-refractivity contribution in [3.8, 4) is 11.1 Å². The van der Waals surface area contributed by atoms with Crippen molar-refractivity contribution in [1.29, 1.82) is 0 Å². The number of hydrogen-bond acceptors (Lipinski definition) is 4. The summed E-state index contributed by atoms with van der Waals surface area (Å²) in [6.45, 7) is 2.80. The highest BCUT2D eigenvalue weighted by Crippen LogP contribution is 2.28. The van der Waals surface area contributed by atoms with E-state index in [1.807, 2.05) is 67.6 Å². The fraction of sp³-hybridized carbons (Fsp3) is 0.188. The first-order valence-corrected chi connectivity index (χ1v) is 12.8. The number of carbonyl (C=O) groups is 3. The lowest BCUT2D eigenvalue weighted by Crippen LogP contribution is -2.35. The van der Waals surface area contributed by atoms with E-state index in [-0.39, 0.29) is 24.8 Å². The van der Waals surface area contributed by atoms with Gasteiger partial charge in [-0.1, -0.05) is 66.7 Å². The monoisotopic (exact) mass is 521 g/mol. The van der Waals surface area contributed by atoms with Gasteiger partial charge in [0.05, 0.1) is 6.42 Å². The van der Waals surface area contributed by atoms with Crippen molar-refractivity contribution in [1.82, 2.24) is 15.2 Å². The fourth-order valence-electron chi connectivity index (χ4n) is 4.43. The maximum absolute atomic E-state index is 13.8. The van der Waals surface area contributed by atoms with E-state index in [0.717, 1.165) is 16.7 Å². The second-order valence-corrected chi connectivity index (χ2v) is 9.25. The number of carbonyl (C=O) groups excluding carboxylic acids is 2. The molecule has 0 saturated carbocycles. The van der Waals surface area contributed by atoms with Crippen LogP contribution in [0.2, 0.25) is 0 Å². The van der Waals surface area contributed by atoms with Crippen LogP contribution in [0, 0.1) is 6.92 Å². The van der Waals surface area contributed by atoms with Gasteiger partial charge in [0.25, 0.3) is 11.8 Å². The number of nitrogens with one attached hydrogen (secondary N) is 1. The number of hydrogen-bond donors (Lipinski definition) is 2. The average Bonchev–Trinajstić information content (AvgIpc) is 2.96. The molecule has 0 aliphatic carbocycles. The molecular formula is C32H31N3O4. The van der Waals surface area contributed by atoms with Crippen LogP contribution in [0.4, 0.5) is 0 Å². The highest BCUT2D eigenvalue weighted by molar-refractivity contribution is 6.06. The van der Waals surface area contributed by atoms with Gasteiger partial charge in [-0.2, -0.15) is 0 Å². The van der Waals surface area contributed by atoms with Gasteiger partial charge in [0, 0.05) is 43.2 Å². The van der Waals surface area contributed by atoms with Gasteiger partial charge in [0.1, 0.15) is 0 Å². The van der Waals surface area contributed by atoms with Crippen molar-refractivity contribution >= 4 is 17.8 Å². The molecule has 7 nitrogen and oxygen atoms in total. The minimum Gasteiger partial charge on any atom is -0.481 e. The zero-order valence-corrected chi connectivity index (χ0v) is 21.8. The number of aliphatic carboxylic acids is 1. The van der Waals surface area contributed by atoms with Gasteiger partial charge in [0.15, 0.2) is 0 Å². The maximum atomic E-state index is 13.8. The Morgan fingerprint density at radius 1 is 0.821 bits per heavy atom. The molecule has 1 aromatic heterocycles. The third kappa shape index (κ3) is 7.17. The average molecular weight is 522 g/mol. The van der Waals surface area contributed by atoms with Crippen LogP contribution >= 0.6 is 0 Å². The standard InChI is InChI=1S/C32H31N3O4/c1-23-9-2-3-11-25(23)22-34-31(38)28-14-6-4-12-26(28)27-13-5-7-15-29(27)32(39)35(20-17-30(36)37)19-16-24-10-8-18-33-21-24/h2-15,18,21H,16-17,19-20,22H2,1H3,(H,34,38)(H,36,37). The number of aryl methyl sites for hydroxylation is 1. The SMILES string of the molecule is Cc1ccccc1CNC(=O)c1ccccc1-c1ccccc1C(=O)N(CCC(=O)O)CCc1cccnc1. The summed E-state index contributed by atoms with van der Waals surface area (Å²) in [5.74, 6) is -1.50. The van der Waals surface area contributed by atoms with Crippen LogP contribution < -0.4 is 5.32 Å². The second-order valence-electron chi connectivity index (χ2n) is 9.25. The van der Waals surface area contributed by atoms with Gasteiger partial charge in [-0.25, -0.2) is 0 Å². The minimum atomic E-state index is -0.974. The lowest BCUT2D eigenvalue weighted by Gasteiger charge is -2.24. The molecule has 0 fully saturated rings. The van der Waals surface area contributed by atoms with Crippen LogP contribution in [0.15, 0.2) is 97.3 Å². The molecule has 0 atom stereocenters. The summed E-state index contributed by atoms with van der Waals surface area (Å²) in [5, 5.41) is 12.3. The number of nitrogens with zero attached hydrogens (tertiary/aromatic N) is 2. The third-order valence-corrected chi connectivity index (χ3v) is 6.60. The Morgan fingerprint density at radius 2 is 1.49 bits per heavy atom. The predicted octanol–water partition coefficient (Wildman–Crippen LogP) is 5.15. The van der Waals surface area contributed by atoms with Crippen LogP contribution in [0.3, 0.4) is 0 Å². The van der Waals surface area contributed by atoms with Crippen molar-refractivity contribution in [2.24, 2.45) is 0 Å². The van der Waals surface area contributed by atoms with E-state index in [0.29, 0.717) is 41.8 Å². The first-order chi connectivity index (χ1) is 18.9. The zero-order valence-electron chi connectivity index (χ0n) is 21.8. The summed E-state index contributed by atoms with van der Waals surface area (Å²) >= 11 is 0. The molecule has 0 spiro atoms. The molecule has 2 N–H and O–H groups in total. The lowest BCUT2D eigenvalue weighted by molar-refractivity contribution is -0.137.